The van der Waals surface area contributed by atoms with Crippen LogP contribution in [0, 0.1) is 18.3 Å². The number of terminal acetylenes is 1. The standard InChI is InChI=1S/C8H11NO2/c1-2-5-9-7(8(10)11)6-3-4-6/h1,6-7,9H,3-5H2,(H,10,11). The lowest BCUT2D eigenvalue weighted by molar-refractivity contribution is -0.139. The molecule has 60 valence electrons. The van der Waals surface area contributed by atoms with E-state index in [1.807, 2.05) is 0 Å². The summed E-state index contributed by atoms with van der Waals surface area (Å²) in [4.78, 5) is 10.6. The van der Waals surface area contributed by atoms with Crippen LogP contribution in [0.1, 0.15) is 12.8 Å². The summed E-state index contributed by atoms with van der Waals surface area (Å²) >= 11 is 0. The Morgan fingerprint density at radius 1 is 1.82 bits per heavy atom. The van der Waals surface area contributed by atoms with Crippen LogP contribution in [-0.4, -0.2) is 23.7 Å². The van der Waals surface area contributed by atoms with Crippen molar-refractivity contribution in [1.29, 1.82) is 0 Å². The number of rotatable bonds is 4. The zero-order valence-electron chi connectivity index (χ0n) is 6.21. The summed E-state index contributed by atoms with van der Waals surface area (Å²) in [5, 5.41) is 11.5. The predicted octanol–water partition coefficient (Wildman–Crippen LogP) is 0.0724. The number of aliphatic carboxylic acids is 1. The molecule has 1 saturated carbocycles. The molecule has 0 aromatic rings. The zero-order valence-corrected chi connectivity index (χ0v) is 6.21. The van der Waals surface area contributed by atoms with E-state index in [2.05, 4.69) is 11.2 Å². The third-order valence-electron chi connectivity index (χ3n) is 1.78. The molecule has 1 unspecified atom stereocenters. The molecule has 0 heterocycles. The van der Waals surface area contributed by atoms with Crippen molar-refractivity contribution in [3.63, 3.8) is 0 Å². The average molecular weight is 153 g/mol. The fraction of sp³-hybridized carbons (Fsp3) is 0.625. The first-order chi connectivity index (χ1) is 5.25. The molecule has 1 aliphatic rings. The molecule has 11 heavy (non-hydrogen) atoms. The molecule has 0 radical (unpaired) electrons. The van der Waals surface area contributed by atoms with Crippen LogP contribution in [0.5, 0.6) is 0 Å². The quantitative estimate of drug-likeness (QED) is 0.562. The average Bonchev–Trinajstić information content (AvgIpc) is 2.71. The van der Waals surface area contributed by atoms with Gasteiger partial charge in [-0.15, -0.1) is 6.42 Å². The zero-order chi connectivity index (χ0) is 8.27. The normalized spacial score (nSPS) is 18.8. The Kier molecular flexibility index (Phi) is 2.50. The minimum Gasteiger partial charge on any atom is -0.480 e. The third-order valence-corrected chi connectivity index (χ3v) is 1.78. The number of carboxylic acid groups (broad SMARTS) is 1. The molecule has 2 N–H and O–H groups in total. The topological polar surface area (TPSA) is 49.3 Å². The molecule has 0 spiro atoms. The fourth-order valence-electron chi connectivity index (χ4n) is 1.05. The second-order valence-electron chi connectivity index (χ2n) is 2.74. The predicted molar refractivity (Wildman–Crippen MR) is 41.0 cm³/mol. The second-order valence-corrected chi connectivity index (χ2v) is 2.74. The van der Waals surface area contributed by atoms with Gasteiger partial charge < -0.3 is 5.11 Å². The van der Waals surface area contributed by atoms with Gasteiger partial charge in [0.05, 0.1) is 6.54 Å². The minimum absolute atomic E-state index is 0.306. The van der Waals surface area contributed by atoms with E-state index in [0.29, 0.717) is 12.5 Å². The van der Waals surface area contributed by atoms with Crippen LogP contribution in [0.4, 0.5) is 0 Å². The molecular formula is C8H11NO2. The van der Waals surface area contributed by atoms with Crippen molar-refractivity contribution in [2.24, 2.45) is 5.92 Å². The van der Waals surface area contributed by atoms with Gasteiger partial charge in [0.25, 0.3) is 0 Å². The van der Waals surface area contributed by atoms with Gasteiger partial charge in [0, 0.05) is 0 Å². The lowest BCUT2D eigenvalue weighted by Crippen LogP contribution is -2.38. The van der Waals surface area contributed by atoms with Gasteiger partial charge >= 0.3 is 5.97 Å². The van der Waals surface area contributed by atoms with E-state index in [9.17, 15) is 4.79 Å². The van der Waals surface area contributed by atoms with E-state index in [1.54, 1.807) is 0 Å². The number of carbonyl (C=O) groups is 1. The molecule has 0 bridgehead atoms. The summed E-state index contributed by atoms with van der Waals surface area (Å²) in [5.74, 6) is 1.88. The summed E-state index contributed by atoms with van der Waals surface area (Å²) in [6.45, 7) is 0.341. The Morgan fingerprint density at radius 2 is 2.45 bits per heavy atom. The number of hydrogen-bond donors (Lipinski definition) is 2. The van der Waals surface area contributed by atoms with Crippen LogP contribution < -0.4 is 5.32 Å². The Bertz CT molecular complexity index is 191. The molecule has 0 aromatic heterocycles. The molecule has 0 amide bonds. The highest BCUT2D eigenvalue weighted by molar-refractivity contribution is 5.74. The van der Waals surface area contributed by atoms with Gasteiger partial charge in [-0.25, -0.2) is 0 Å². The Labute approximate surface area is 65.8 Å². The molecule has 0 aliphatic heterocycles. The van der Waals surface area contributed by atoms with Crippen LogP contribution in [0.2, 0.25) is 0 Å². The summed E-state index contributed by atoms with van der Waals surface area (Å²) < 4.78 is 0. The first kappa shape index (κ1) is 8.09. The van der Waals surface area contributed by atoms with E-state index < -0.39 is 12.0 Å². The van der Waals surface area contributed by atoms with E-state index in [-0.39, 0.29) is 0 Å². The molecule has 3 nitrogen and oxygen atoms in total. The largest absolute Gasteiger partial charge is 0.480 e. The van der Waals surface area contributed by atoms with Crippen LogP contribution in [0.3, 0.4) is 0 Å². The smallest absolute Gasteiger partial charge is 0.321 e. The van der Waals surface area contributed by atoms with Gasteiger partial charge in [0.1, 0.15) is 6.04 Å². The summed E-state index contributed by atoms with van der Waals surface area (Å²) in [7, 11) is 0. The van der Waals surface area contributed by atoms with E-state index in [4.69, 9.17) is 11.5 Å². The second kappa shape index (κ2) is 3.40. The molecule has 0 saturated heterocycles. The van der Waals surface area contributed by atoms with Crippen molar-refractivity contribution in [3.8, 4) is 12.3 Å². The summed E-state index contributed by atoms with van der Waals surface area (Å²) in [5.41, 5.74) is 0. The van der Waals surface area contributed by atoms with Gasteiger partial charge in [0.15, 0.2) is 0 Å². The lowest BCUT2D eigenvalue weighted by atomic mass is 10.2. The number of hydrogen-bond acceptors (Lipinski definition) is 2. The molecule has 3 heteroatoms. The monoisotopic (exact) mass is 153 g/mol. The van der Waals surface area contributed by atoms with Crippen LogP contribution in [-0.2, 0) is 4.79 Å². The molecule has 1 fully saturated rings. The maximum absolute atomic E-state index is 10.6. The maximum Gasteiger partial charge on any atom is 0.321 e. The Morgan fingerprint density at radius 3 is 2.82 bits per heavy atom. The van der Waals surface area contributed by atoms with E-state index in [0.717, 1.165) is 12.8 Å². The number of nitrogens with one attached hydrogen (secondary N) is 1. The fourth-order valence-corrected chi connectivity index (χ4v) is 1.05. The van der Waals surface area contributed by atoms with Crippen molar-refractivity contribution < 1.29 is 9.90 Å². The van der Waals surface area contributed by atoms with Crippen LogP contribution in [0.15, 0.2) is 0 Å². The van der Waals surface area contributed by atoms with Crippen molar-refractivity contribution in [1.82, 2.24) is 5.32 Å². The molecule has 1 rings (SSSR count). The molecular weight excluding hydrogens is 142 g/mol. The third kappa shape index (κ3) is 2.24. The van der Waals surface area contributed by atoms with E-state index >= 15 is 0 Å². The first-order valence-electron chi connectivity index (χ1n) is 3.65. The van der Waals surface area contributed by atoms with Crippen LogP contribution >= 0.6 is 0 Å². The number of carboxylic acids is 1. The van der Waals surface area contributed by atoms with Crippen molar-refractivity contribution in [2.45, 2.75) is 18.9 Å². The molecule has 0 aromatic carbocycles. The summed E-state index contributed by atoms with van der Waals surface area (Å²) in [6, 6.07) is -0.425. The van der Waals surface area contributed by atoms with Gasteiger partial charge in [-0.05, 0) is 18.8 Å². The Hall–Kier alpha value is -1.01. The first-order valence-corrected chi connectivity index (χ1v) is 3.65. The SMILES string of the molecule is C#CCNC(C(=O)O)C1CC1. The van der Waals surface area contributed by atoms with Gasteiger partial charge in [-0.3, -0.25) is 10.1 Å². The molecule has 1 atom stereocenters. The van der Waals surface area contributed by atoms with Crippen LogP contribution in [0.25, 0.3) is 0 Å². The van der Waals surface area contributed by atoms with E-state index in [1.165, 1.54) is 0 Å². The van der Waals surface area contributed by atoms with Crippen molar-refractivity contribution >= 4 is 5.97 Å². The van der Waals surface area contributed by atoms with Crippen molar-refractivity contribution in [3.05, 3.63) is 0 Å². The van der Waals surface area contributed by atoms with Gasteiger partial charge in [0.2, 0.25) is 0 Å². The lowest BCUT2D eigenvalue weighted by Gasteiger charge is -2.09. The Balaban J connectivity index is 2.34. The molecule has 1 aliphatic carbocycles. The van der Waals surface area contributed by atoms with Gasteiger partial charge in [-0.1, -0.05) is 5.92 Å². The summed E-state index contributed by atoms with van der Waals surface area (Å²) in [6.07, 6.45) is 7.01. The highest BCUT2D eigenvalue weighted by Gasteiger charge is 2.35. The highest BCUT2D eigenvalue weighted by atomic mass is 16.4. The maximum atomic E-state index is 10.6. The van der Waals surface area contributed by atoms with Gasteiger partial charge in [-0.2, -0.15) is 0 Å². The van der Waals surface area contributed by atoms with Crippen molar-refractivity contribution in [2.75, 3.05) is 6.54 Å². The minimum atomic E-state index is -0.789. The highest BCUT2D eigenvalue weighted by Crippen LogP contribution is 2.32.